The number of likely N-dealkylation sites (N-methyl/N-ethyl adjacent to an activating group) is 1. The number of primary amides is 1. The van der Waals surface area contributed by atoms with Gasteiger partial charge in [-0.3, -0.25) is 28.9 Å². The molecule has 1 aromatic heterocycles. The van der Waals surface area contributed by atoms with Gasteiger partial charge in [-0.05, 0) is 29.3 Å². The van der Waals surface area contributed by atoms with E-state index < -0.39 is 29.0 Å². The summed E-state index contributed by atoms with van der Waals surface area (Å²) in [5.41, 5.74) is 6.75. The minimum absolute atomic E-state index is 0.0207. The van der Waals surface area contributed by atoms with E-state index in [1.165, 1.54) is 35.4 Å². The zero-order valence-electron chi connectivity index (χ0n) is 20.3. The maximum atomic E-state index is 13.8. The van der Waals surface area contributed by atoms with Crippen LogP contribution in [0.3, 0.4) is 0 Å². The van der Waals surface area contributed by atoms with Gasteiger partial charge in [0.2, 0.25) is 5.91 Å². The molecule has 4 aromatic rings. The molecule has 0 aliphatic rings. The Morgan fingerprint density at radius 3 is 2.32 bits per heavy atom. The molecule has 0 radical (unpaired) electrons. The molecule has 2 N–H and O–H groups in total. The quantitative estimate of drug-likeness (QED) is 0.289. The third-order valence-corrected chi connectivity index (χ3v) is 6.15. The first kappa shape index (κ1) is 25.2. The van der Waals surface area contributed by atoms with Gasteiger partial charge in [-0.15, -0.1) is 0 Å². The molecule has 0 saturated carbocycles. The molecule has 1 heterocycles. The number of nitrogens with zero attached hydrogens (tertiary/aromatic N) is 4. The summed E-state index contributed by atoms with van der Waals surface area (Å²) in [5, 5.41) is 12.0. The summed E-state index contributed by atoms with van der Waals surface area (Å²) < 4.78 is 8.22. The number of rotatable bonds is 8. The van der Waals surface area contributed by atoms with Crippen LogP contribution in [0.25, 0.3) is 11.0 Å². The van der Waals surface area contributed by atoms with Crippen LogP contribution in [-0.4, -0.2) is 45.1 Å². The summed E-state index contributed by atoms with van der Waals surface area (Å²) in [6.07, 6.45) is -0.500. The number of carbonyl (C=O) groups excluding carboxylic acids is 2. The zero-order chi connectivity index (χ0) is 26.7. The van der Waals surface area contributed by atoms with Gasteiger partial charge in [0.1, 0.15) is 5.75 Å². The average molecular weight is 504 g/mol. The molecule has 0 aliphatic carbocycles. The molecule has 11 heteroatoms. The number of nitrogens with two attached hydrogens (primary N) is 1. The van der Waals surface area contributed by atoms with E-state index in [0.29, 0.717) is 16.2 Å². The molecule has 0 saturated heterocycles. The number of ether oxygens (including phenoxy) is 1. The van der Waals surface area contributed by atoms with Gasteiger partial charge in [-0.25, -0.2) is 9.59 Å². The van der Waals surface area contributed by atoms with Gasteiger partial charge in [0.05, 0.1) is 48.1 Å². The molecule has 0 unspecified atom stereocenters. The van der Waals surface area contributed by atoms with E-state index >= 15 is 0 Å². The van der Waals surface area contributed by atoms with Gasteiger partial charge < -0.3 is 10.5 Å². The third kappa shape index (κ3) is 5.06. The second kappa shape index (κ2) is 10.4. The van der Waals surface area contributed by atoms with Crippen LogP contribution in [0, 0.1) is 10.1 Å². The average Bonchev–Trinajstić information content (AvgIpc) is 3.15. The normalized spacial score (nSPS) is 10.9. The largest absolute Gasteiger partial charge is 0.497 e. The number of amides is 3. The highest BCUT2D eigenvalue weighted by atomic mass is 16.6. The smallest absolute Gasteiger partial charge is 0.329 e. The molecule has 11 nitrogen and oxygen atoms in total. The van der Waals surface area contributed by atoms with Gasteiger partial charge in [-0.1, -0.05) is 42.5 Å². The summed E-state index contributed by atoms with van der Waals surface area (Å²) in [6, 6.07) is 18.2. The van der Waals surface area contributed by atoms with E-state index in [2.05, 4.69) is 0 Å². The number of methoxy groups -OCH3 is 1. The lowest BCUT2D eigenvalue weighted by Crippen LogP contribution is -2.38. The van der Waals surface area contributed by atoms with E-state index in [0.717, 1.165) is 11.1 Å². The van der Waals surface area contributed by atoms with E-state index in [1.54, 1.807) is 24.3 Å². The Morgan fingerprint density at radius 1 is 1.00 bits per heavy atom. The molecule has 0 aliphatic heterocycles. The maximum absolute atomic E-state index is 13.8. The molecule has 0 bridgehead atoms. The molecule has 190 valence electrons. The molecule has 4 rings (SSSR count). The zero-order valence-corrected chi connectivity index (χ0v) is 20.3. The number of nitro benzene ring substituents is 1. The molecular formula is C26H25N5O6. The first-order chi connectivity index (χ1) is 17.7. The van der Waals surface area contributed by atoms with Gasteiger partial charge in [0.25, 0.3) is 5.69 Å². The second-order valence-corrected chi connectivity index (χ2v) is 8.45. The molecular weight excluding hydrogens is 478 g/mol. The highest BCUT2D eigenvalue weighted by Crippen LogP contribution is 2.30. The summed E-state index contributed by atoms with van der Waals surface area (Å²) >= 11 is 0. The van der Waals surface area contributed by atoms with Crippen molar-refractivity contribution in [3.8, 4) is 5.75 Å². The SMILES string of the molecule is COc1cccc(Cn2c(=O)n(Cc3ccccc3)c3ccc([N+](=O)[O-])c(CC(=O)N(C)C(N)=O)c32)c1. The predicted octanol–water partition coefficient (Wildman–Crippen LogP) is 2.90. The van der Waals surface area contributed by atoms with Crippen LogP contribution >= 0.6 is 0 Å². The van der Waals surface area contributed by atoms with Crippen LogP contribution in [-0.2, 0) is 24.3 Å². The first-order valence-electron chi connectivity index (χ1n) is 11.3. The summed E-state index contributed by atoms with van der Waals surface area (Å²) in [7, 11) is 2.72. The van der Waals surface area contributed by atoms with Crippen molar-refractivity contribution >= 4 is 28.7 Å². The van der Waals surface area contributed by atoms with Crippen molar-refractivity contribution in [1.82, 2.24) is 14.0 Å². The van der Waals surface area contributed by atoms with Crippen molar-refractivity contribution in [1.29, 1.82) is 0 Å². The van der Waals surface area contributed by atoms with Crippen LogP contribution in [0.1, 0.15) is 16.7 Å². The fourth-order valence-electron chi connectivity index (χ4n) is 4.23. The van der Waals surface area contributed by atoms with Crippen molar-refractivity contribution in [3.63, 3.8) is 0 Å². The van der Waals surface area contributed by atoms with Crippen LogP contribution in [0.5, 0.6) is 5.75 Å². The molecule has 3 aromatic carbocycles. The minimum Gasteiger partial charge on any atom is -0.497 e. The Morgan fingerprint density at radius 2 is 1.68 bits per heavy atom. The lowest BCUT2D eigenvalue weighted by molar-refractivity contribution is -0.385. The van der Waals surface area contributed by atoms with Crippen molar-refractivity contribution in [2.45, 2.75) is 19.5 Å². The van der Waals surface area contributed by atoms with Crippen molar-refractivity contribution in [2.75, 3.05) is 14.2 Å². The number of aromatic nitrogens is 2. The predicted molar refractivity (Wildman–Crippen MR) is 137 cm³/mol. The van der Waals surface area contributed by atoms with Crippen LogP contribution in [0.4, 0.5) is 10.5 Å². The highest BCUT2D eigenvalue weighted by molar-refractivity contribution is 5.97. The highest BCUT2D eigenvalue weighted by Gasteiger charge is 2.27. The Bertz CT molecular complexity index is 1560. The number of imide groups is 1. The molecule has 0 fully saturated rings. The number of nitro groups is 1. The van der Waals surface area contributed by atoms with Gasteiger partial charge in [0.15, 0.2) is 0 Å². The molecule has 0 atom stereocenters. The Hall–Kier alpha value is -4.93. The van der Waals surface area contributed by atoms with E-state index in [4.69, 9.17) is 10.5 Å². The van der Waals surface area contributed by atoms with E-state index in [-0.39, 0.29) is 29.9 Å². The maximum Gasteiger partial charge on any atom is 0.329 e. The number of hydrogen-bond donors (Lipinski definition) is 1. The minimum atomic E-state index is -0.991. The Labute approximate surface area is 211 Å². The third-order valence-electron chi connectivity index (χ3n) is 6.15. The number of carbonyl (C=O) groups is 2. The second-order valence-electron chi connectivity index (χ2n) is 8.45. The number of fused-ring (bicyclic) bond motifs is 1. The van der Waals surface area contributed by atoms with Gasteiger partial charge >= 0.3 is 11.7 Å². The molecule has 0 spiro atoms. The van der Waals surface area contributed by atoms with Crippen molar-refractivity contribution in [2.24, 2.45) is 5.73 Å². The summed E-state index contributed by atoms with van der Waals surface area (Å²) in [6.45, 7) is 0.288. The first-order valence-corrected chi connectivity index (χ1v) is 11.3. The van der Waals surface area contributed by atoms with Crippen molar-refractivity contribution < 1.29 is 19.2 Å². The van der Waals surface area contributed by atoms with E-state index in [9.17, 15) is 24.5 Å². The molecule has 3 amide bonds. The Balaban J connectivity index is 1.98. The summed E-state index contributed by atoms with van der Waals surface area (Å²) in [5.74, 6) is -0.151. The lowest BCUT2D eigenvalue weighted by atomic mass is 10.1. The van der Waals surface area contributed by atoms with Gasteiger partial charge in [-0.2, -0.15) is 0 Å². The number of imidazole rings is 1. The Kier molecular flexibility index (Phi) is 7.05. The number of urea groups is 1. The molecule has 37 heavy (non-hydrogen) atoms. The fraction of sp³-hybridized carbons (Fsp3) is 0.192. The van der Waals surface area contributed by atoms with Crippen LogP contribution in [0.15, 0.2) is 71.5 Å². The van der Waals surface area contributed by atoms with Crippen LogP contribution < -0.4 is 16.2 Å². The topological polar surface area (TPSA) is 143 Å². The fourth-order valence-corrected chi connectivity index (χ4v) is 4.23. The monoisotopic (exact) mass is 503 g/mol. The number of hydrogen-bond acceptors (Lipinski definition) is 6. The van der Waals surface area contributed by atoms with Crippen molar-refractivity contribution in [3.05, 3.63) is 104 Å². The van der Waals surface area contributed by atoms with E-state index in [1.807, 2.05) is 30.3 Å². The number of benzene rings is 3. The van der Waals surface area contributed by atoms with Crippen LogP contribution in [0.2, 0.25) is 0 Å². The summed E-state index contributed by atoms with van der Waals surface area (Å²) in [4.78, 5) is 50.2. The van der Waals surface area contributed by atoms with Gasteiger partial charge in [0, 0.05) is 13.1 Å². The lowest BCUT2D eigenvalue weighted by Gasteiger charge is -2.14. The standard InChI is InChI=1S/C26H25N5O6/c1-28(25(27)33)23(32)14-20-21(31(35)36)11-12-22-24(20)30(16-18-9-6-10-19(13-18)37-2)26(34)29(22)15-17-7-4-3-5-8-17/h3-13H,14-16H2,1-2H3,(H2,27,33).